The first-order chi connectivity index (χ1) is 7.72. The smallest absolute Gasteiger partial charge is 0.269 e. The fourth-order valence-corrected chi connectivity index (χ4v) is 3.12. The van der Waals surface area contributed by atoms with Crippen molar-refractivity contribution in [1.29, 1.82) is 0 Å². The molecule has 3 rings (SSSR count). The van der Waals surface area contributed by atoms with Crippen molar-refractivity contribution in [2.45, 2.75) is 31.7 Å². The lowest BCUT2D eigenvalue weighted by Gasteiger charge is -2.22. The Hall–Kier alpha value is -1.52. The fourth-order valence-electron chi connectivity index (χ4n) is 3.12. The van der Waals surface area contributed by atoms with Gasteiger partial charge in [0.25, 0.3) is 5.91 Å². The molecule has 0 aliphatic heterocycles. The van der Waals surface area contributed by atoms with Crippen LogP contribution in [0, 0.1) is 11.8 Å². The third kappa shape index (κ3) is 1.56. The lowest BCUT2D eigenvalue weighted by Crippen LogP contribution is -2.38. The first-order valence-corrected chi connectivity index (χ1v) is 5.84. The standard InChI is InChI=1S/C11H16N4O/c12-10-5-9(14-15-10)11(16)13-8-4-6-1-2-7(8)3-6/h5-8H,1-4H2,(H,13,16)(H3,12,14,15)/t6-,7+,8+/m0/s1. The Balaban J connectivity index is 1.65. The summed E-state index contributed by atoms with van der Waals surface area (Å²) in [5.74, 6) is 1.80. The fraction of sp³-hybridized carbons (Fsp3) is 0.636. The lowest BCUT2D eigenvalue weighted by molar-refractivity contribution is 0.0918. The molecule has 4 N–H and O–H groups in total. The molecular weight excluding hydrogens is 204 g/mol. The molecule has 86 valence electrons. The minimum absolute atomic E-state index is 0.0817. The molecule has 2 saturated carbocycles. The van der Waals surface area contributed by atoms with Crippen molar-refractivity contribution in [2.24, 2.45) is 11.8 Å². The van der Waals surface area contributed by atoms with Crippen LogP contribution >= 0.6 is 0 Å². The molecule has 0 spiro atoms. The van der Waals surface area contributed by atoms with Crippen LogP contribution in [-0.4, -0.2) is 22.1 Å². The van der Waals surface area contributed by atoms with Crippen molar-refractivity contribution in [3.63, 3.8) is 0 Å². The van der Waals surface area contributed by atoms with E-state index in [1.165, 1.54) is 19.3 Å². The van der Waals surface area contributed by atoms with Gasteiger partial charge in [0.2, 0.25) is 0 Å². The third-order valence-electron chi connectivity index (χ3n) is 3.90. The van der Waals surface area contributed by atoms with Crippen molar-refractivity contribution >= 4 is 11.7 Å². The van der Waals surface area contributed by atoms with E-state index in [1.807, 2.05) is 0 Å². The van der Waals surface area contributed by atoms with E-state index in [1.54, 1.807) is 6.07 Å². The minimum atomic E-state index is -0.0817. The molecule has 0 radical (unpaired) electrons. The van der Waals surface area contributed by atoms with Gasteiger partial charge in [0.15, 0.2) is 0 Å². The molecule has 1 aromatic rings. The number of amides is 1. The number of aromatic amines is 1. The Bertz CT molecular complexity index is 414. The van der Waals surface area contributed by atoms with Gasteiger partial charge in [-0.1, -0.05) is 6.42 Å². The summed E-state index contributed by atoms with van der Waals surface area (Å²) in [6.07, 6.45) is 5.03. The van der Waals surface area contributed by atoms with Gasteiger partial charge < -0.3 is 11.1 Å². The summed E-state index contributed by atoms with van der Waals surface area (Å²) in [5, 5.41) is 9.46. The number of nitrogens with one attached hydrogen (secondary N) is 2. The Morgan fingerprint density at radius 1 is 1.50 bits per heavy atom. The molecular formula is C11H16N4O. The molecule has 1 aromatic heterocycles. The molecule has 16 heavy (non-hydrogen) atoms. The van der Waals surface area contributed by atoms with E-state index in [0.29, 0.717) is 23.5 Å². The monoisotopic (exact) mass is 220 g/mol. The minimum Gasteiger partial charge on any atom is -0.382 e. The number of rotatable bonds is 2. The summed E-state index contributed by atoms with van der Waals surface area (Å²) >= 11 is 0. The topological polar surface area (TPSA) is 83.8 Å². The second-order valence-corrected chi connectivity index (χ2v) is 4.96. The van der Waals surface area contributed by atoms with E-state index in [0.717, 1.165) is 12.3 Å². The number of anilines is 1. The van der Waals surface area contributed by atoms with E-state index in [2.05, 4.69) is 15.5 Å². The van der Waals surface area contributed by atoms with Crippen LogP contribution in [0.4, 0.5) is 5.82 Å². The number of carbonyl (C=O) groups excluding carboxylic acids is 1. The normalized spacial score (nSPS) is 31.9. The molecule has 0 unspecified atom stereocenters. The van der Waals surface area contributed by atoms with Crippen LogP contribution in [0.2, 0.25) is 0 Å². The zero-order valence-corrected chi connectivity index (χ0v) is 9.07. The Kier molecular flexibility index (Phi) is 2.12. The Labute approximate surface area is 93.8 Å². The Morgan fingerprint density at radius 2 is 2.38 bits per heavy atom. The lowest BCUT2D eigenvalue weighted by atomic mass is 9.95. The first-order valence-electron chi connectivity index (χ1n) is 5.84. The van der Waals surface area contributed by atoms with Gasteiger partial charge in [-0.25, -0.2) is 0 Å². The predicted molar refractivity (Wildman–Crippen MR) is 59.7 cm³/mol. The molecule has 3 atom stereocenters. The van der Waals surface area contributed by atoms with E-state index >= 15 is 0 Å². The van der Waals surface area contributed by atoms with Crippen molar-refractivity contribution in [2.75, 3.05) is 5.73 Å². The maximum atomic E-state index is 11.9. The van der Waals surface area contributed by atoms with Gasteiger partial charge in [-0.3, -0.25) is 9.89 Å². The number of carbonyl (C=O) groups is 1. The van der Waals surface area contributed by atoms with Gasteiger partial charge >= 0.3 is 0 Å². The highest BCUT2D eigenvalue weighted by Gasteiger charge is 2.40. The number of nitrogens with zero attached hydrogens (tertiary/aromatic N) is 1. The molecule has 2 aliphatic carbocycles. The van der Waals surface area contributed by atoms with Crippen molar-refractivity contribution in [1.82, 2.24) is 15.5 Å². The quantitative estimate of drug-likeness (QED) is 0.692. The highest BCUT2D eigenvalue weighted by atomic mass is 16.2. The van der Waals surface area contributed by atoms with Gasteiger partial charge in [-0.15, -0.1) is 0 Å². The zero-order valence-electron chi connectivity index (χ0n) is 9.07. The van der Waals surface area contributed by atoms with E-state index in [4.69, 9.17) is 5.73 Å². The summed E-state index contributed by atoms with van der Waals surface area (Å²) in [6, 6.07) is 1.93. The average Bonchev–Trinajstić information content (AvgIpc) is 2.92. The van der Waals surface area contributed by atoms with Crippen LogP contribution in [-0.2, 0) is 0 Å². The largest absolute Gasteiger partial charge is 0.382 e. The molecule has 1 heterocycles. The van der Waals surface area contributed by atoms with Gasteiger partial charge in [0, 0.05) is 12.1 Å². The molecule has 5 heteroatoms. The highest BCUT2D eigenvalue weighted by molar-refractivity contribution is 5.93. The number of hydrogen-bond donors (Lipinski definition) is 3. The van der Waals surface area contributed by atoms with Crippen LogP contribution in [0.25, 0.3) is 0 Å². The van der Waals surface area contributed by atoms with Gasteiger partial charge in [0.05, 0.1) is 0 Å². The van der Waals surface area contributed by atoms with Gasteiger partial charge in [0.1, 0.15) is 11.5 Å². The number of H-pyrrole nitrogens is 1. The van der Waals surface area contributed by atoms with Crippen LogP contribution < -0.4 is 11.1 Å². The SMILES string of the molecule is Nc1cc(C(=O)N[C@@H]2C[C@H]3CC[C@@H]2C3)[nH]n1. The van der Waals surface area contributed by atoms with Crippen LogP contribution in [0.3, 0.4) is 0 Å². The second-order valence-electron chi connectivity index (χ2n) is 4.96. The van der Waals surface area contributed by atoms with E-state index < -0.39 is 0 Å². The van der Waals surface area contributed by atoms with E-state index in [9.17, 15) is 4.79 Å². The van der Waals surface area contributed by atoms with Crippen LogP contribution in [0.15, 0.2) is 6.07 Å². The van der Waals surface area contributed by atoms with Crippen LogP contribution in [0.5, 0.6) is 0 Å². The number of hydrogen-bond acceptors (Lipinski definition) is 3. The molecule has 5 nitrogen and oxygen atoms in total. The Morgan fingerprint density at radius 3 is 2.94 bits per heavy atom. The summed E-state index contributed by atoms with van der Waals surface area (Å²) in [5.41, 5.74) is 5.92. The number of nitrogens with two attached hydrogens (primary N) is 1. The molecule has 0 aromatic carbocycles. The van der Waals surface area contributed by atoms with Crippen LogP contribution in [0.1, 0.15) is 36.2 Å². The predicted octanol–water partition coefficient (Wildman–Crippen LogP) is 0.910. The van der Waals surface area contributed by atoms with Crippen molar-refractivity contribution in [3.05, 3.63) is 11.8 Å². The number of aromatic nitrogens is 2. The van der Waals surface area contributed by atoms with Crippen molar-refractivity contribution in [3.8, 4) is 0 Å². The highest BCUT2D eigenvalue weighted by Crippen LogP contribution is 2.44. The second kappa shape index (κ2) is 3.50. The summed E-state index contributed by atoms with van der Waals surface area (Å²) < 4.78 is 0. The molecule has 2 fully saturated rings. The van der Waals surface area contributed by atoms with Gasteiger partial charge in [-0.2, -0.15) is 5.10 Å². The maximum Gasteiger partial charge on any atom is 0.269 e. The van der Waals surface area contributed by atoms with E-state index in [-0.39, 0.29) is 5.91 Å². The number of fused-ring (bicyclic) bond motifs is 2. The summed E-state index contributed by atoms with van der Waals surface area (Å²) in [7, 11) is 0. The third-order valence-corrected chi connectivity index (χ3v) is 3.90. The maximum absolute atomic E-state index is 11.9. The summed E-state index contributed by atoms with van der Waals surface area (Å²) in [6.45, 7) is 0. The molecule has 2 aliphatic rings. The average molecular weight is 220 g/mol. The molecule has 0 saturated heterocycles. The number of nitrogen functional groups attached to an aromatic ring is 1. The van der Waals surface area contributed by atoms with Gasteiger partial charge in [-0.05, 0) is 31.1 Å². The van der Waals surface area contributed by atoms with Crippen molar-refractivity contribution < 1.29 is 4.79 Å². The molecule has 1 amide bonds. The first kappa shape index (κ1) is 9.69. The summed E-state index contributed by atoms with van der Waals surface area (Å²) in [4.78, 5) is 11.9. The zero-order chi connectivity index (χ0) is 11.1. The molecule has 2 bridgehead atoms.